The van der Waals surface area contributed by atoms with Gasteiger partial charge in [-0.05, 0) is 63.1 Å². The Morgan fingerprint density at radius 1 is 1.02 bits per heavy atom. The first-order valence-electron chi connectivity index (χ1n) is 14.6. The van der Waals surface area contributed by atoms with E-state index < -0.39 is 44.3 Å². The van der Waals surface area contributed by atoms with Gasteiger partial charge < -0.3 is 19.5 Å². The number of fused-ring (bicyclic) bond motifs is 1. The number of carbonyl (C=O) groups excluding carboxylic acids is 2. The van der Waals surface area contributed by atoms with Crippen LogP contribution >= 0.6 is 0 Å². The highest BCUT2D eigenvalue weighted by atomic mass is 32.2. The number of aromatic nitrogens is 2. The van der Waals surface area contributed by atoms with Crippen molar-refractivity contribution in [3.05, 3.63) is 77.6 Å². The number of nitrogens with zero attached hydrogens (tertiary/aromatic N) is 3. The molecule has 1 amide bonds. The van der Waals surface area contributed by atoms with E-state index >= 15 is 4.39 Å². The number of sulfonamides is 1. The molecule has 2 aromatic carbocycles. The van der Waals surface area contributed by atoms with Crippen LogP contribution in [0.15, 0.2) is 54.9 Å². The van der Waals surface area contributed by atoms with Crippen LogP contribution in [-0.4, -0.2) is 72.7 Å². The van der Waals surface area contributed by atoms with Crippen LogP contribution in [0.25, 0.3) is 22.2 Å². The number of ketones is 1. The summed E-state index contributed by atoms with van der Waals surface area (Å²) in [5.41, 5.74) is 0.892. The Labute approximate surface area is 260 Å². The lowest BCUT2D eigenvalue weighted by molar-refractivity contribution is 0.0240. The zero-order chi connectivity index (χ0) is 32.5. The molecule has 4 aromatic rings. The van der Waals surface area contributed by atoms with Crippen molar-refractivity contribution in [3.63, 3.8) is 0 Å². The molecule has 2 aromatic heterocycles. The van der Waals surface area contributed by atoms with Crippen LogP contribution in [0, 0.1) is 11.6 Å². The predicted octanol–water partition coefficient (Wildman–Crippen LogP) is 5.95. The Balaban J connectivity index is 1.35. The van der Waals surface area contributed by atoms with Gasteiger partial charge in [-0.15, -0.1) is 0 Å². The number of piperazine rings is 1. The molecule has 0 aliphatic carbocycles. The van der Waals surface area contributed by atoms with E-state index in [1.165, 1.54) is 6.20 Å². The van der Waals surface area contributed by atoms with Crippen molar-refractivity contribution in [1.82, 2.24) is 14.9 Å². The number of carbonyl (C=O) groups is 2. The molecular weight excluding hydrogens is 604 g/mol. The molecule has 3 heterocycles. The highest BCUT2D eigenvalue weighted by Crippen LogP contribution is 2.31. The fourth-order valence-electron chi connectivity index (χ4n) is 5.15. The highest BCUT2D eigenvalue weighted by Gasteiger charge is 2.27. The topological polar surface area (TPSA) is 125 Å². The van der Waals surface area contributed by atoms with E-state index in [-0.39, 0.29) is 17.4 Å². The maximum absolute atomic E-state index is 15.4. The Kier molecular flexibility index (Phi) is 8.83. The maximum Gasteiger partial charge on any atom is 0.410 e. The van der Waals surface area contributed by atoms with Crippen LogP contribution in [-0.2, 0) is 14.8 Å². The van der Waals surface area contributed by atoms with Gasteiger partial charge in [0.05, 0.1) is 17.0 Å². The summed E-state index contributed by atoms with van der Waals surface area (Å²) in [5, 5.41) is 0.357. The van der Waals surface area contributed by atoms with Gasteiger partial charge in [0.25, 0.3) is 0 Å². The molecule has 13 heteroatoms. The fourth-order valence-corrected chi connectivity index (χ4v) is 6.28. The number of aromatic amines is 1. The van der Waals surface area contributed by atoms with Crippen molar-refractivity contribution in [2.24, 2.45) is 0 Å². The van der Waals surface area contributed by atoms with Crippen LogP contribution in [0.1, 0.15) is 50.0 Å². The van der Waals surface area contributed by atoms with Crippen molar-refractivity contribution < 1.29 is 31.5 Å². The summed E-state index contributed by atoms with van der Waals surface area (Å²) in [6.45, 7) is 9.54. The quantitative estimate of drug-likeness (QED) is 0.229. The molecule has 0 unspecified atom stereocenters. The third kappa shape index (κ3) is 7.08. The van der Waals surface area contributed by atoms with Crippen LogP contribution < -0.4 is 9.62 Å². The number of pyridine rings is 1. The van der Waals surface area contributed by atoms with E-state index in [2.05, 4.69) is 19.6 Å². The summed E-state index contributed by atoms with van der Waals surface area (Å²) in [6, 6.07) is 11.3. The largest absolute Gasteiger partial charge is 0.444 e. The van der Waals surface area contributed by atoms with Gasteiger partial charge in [-0.3, -0.25) is 9.52 Å². The van der Waals surface area contributed by atoms with Crippen LogP contribution in [0.4, 0.5) is 25.0 Å². The molecule has 0 bridgehead atoms. The Bertz CT molecular complexity index is 1840. The number of benzene rings is 2. The molecule has 238 valence electrons. The standard InChI is InChI=1S/C32H35F2N5O5S/c1-5-16-45(42,43)37-26-11-10-25(33)27(28(26)34)29(40)24-19-36-30-23(24)17-21(18-35-30)20-6-8-22(9-7-20)38-12-14-39(15-13-38)31(41)44-32(2,3)4/h6-11,17-19,37H,5,12-16H2,1-4H3,(H,35,36). The van der Waals surface area contributed by atoms with E-state index in [9.17, 15) is 22.4 Å². The third-order valence-corrected chi connectivity index (χ3v) is 8.81. The number of nitrogens with one attached hydrogen (secondary N) is 2. The fraction of sp³-hybridized carbons (Fsp3) is 0.344. The molecule has 1 aliphatic rings. The van der Waals surface area contributed by atoms with Gasteiger partial charge >= 0.3 is 6.09 Å². The van der Waals surface area contributed by atoms with Gasteiger partial charge in [0.2, 0.25) is 15.8 Å². The van der Waals surface area contributed by atoms with Crippen molar-refractivity contribution >= 4 is 44.3 Å². The first-order valence-corrected chi connectivity index (χ1v) is 16.2. The summed E-state index contributed by atoms with van der Waals surface area (Å²) < 4.78 is 62.1. The highest BCUT2D eigenvalue weighted by molar-refractivity contribution is 7.92. The summed E-state index contributed by atoms with van der Waals surface area (Å²) >= 11 is 0. The summed E-state index contributed by atoms with van der Waals surface area (Å²) in [6.07, 6.45) is 2.94. The molecule has 2 N–H and O–H groups in total. The second-order valence-electron chi connectivity index (χ2n) is 11.9. The maximum atomic E-state index is 15.4. The van der Waals surface area contributed by atoms with Gasteiger partial charge in [0, 0.05) is 60.8 Å². The molecule has 0 radical (unpaired) electrons. The molecule has 0 atom stereocenters. The van der Waals surface area contributed by atoms with Gasteiger partial charge in [-0.25, -0.2) is 27.0 Å². The monoisotopic (exact) mass is 639 g/mol. The molecule has 1 saturated heterocycles. The third-order valence-electron chi connectivity index (χ3n) is 7.33. The number of halogens is 2. The minimum Gasteiger partial charge on any atom is -0.444 e. The number of amides is 1. The zero-order valence-corrected chi connectivity index (χ0v) is 26.3. The van der Waals surface area contributed by atoms with Crippen molar-refractivity contribution in [1.29, 1.82) is 0 Å². The normalized spacial score (nSPS) is 14.1. The average molecular weight is 640 g/mol. The minimum atomic E-state index is -3.87. The van der Waals surface area contributed by atoms with E-state index in [1.54, 1.807) is 24.1 Å². The molecule has 45 heavy (non-hydrogen) atoms. The second kappa shape index (κ2) is 12.5. The number of ether oxygens (including phenoxy) is 1. The van der Waals surface area contributed by atoms with Gasteiger partial charge in [0.15, 0.2) is 5.82 Å². The van der Waals surface area contributed by atoms with Crippen LogP contribution in [0.2, 0.25) is 0 Å². The van der Waals surface area contributed by atoms with E-state index in [0.717, 1.165) is 23.4 Å². The molecule has 0 saturated carbocycles. The van der Waals surface area contributed by atoms with E-state index in [4.69, 9.17) is 4.74 Å². The lowest BCUT2D eigenvalue weighted by Gasteiger charge is -2.36. The van der Waals surface area contributed by atoms with E-state index in [0.29, 0.717) is 49.2 Å². The first-order chi connectivity index (χ1) is 21.3. The number of hydrogen-bond donors (Lipinski definition) is 2. The molecule has 0 spiro atoms. The summed E-state index contributed by atoms with van der Waals surface area (Å²) in [7, 11) is -3.87. The number of hydrogen-bond acceptors (Lipinski definition) is 7. The Morgan fingerprint density at radius 3 is 2.36 bits per heavy atom. The van der Waals surface area contributed by atoms with E-state index in [1.807, 2.05) is 45.0 Å². The van der Waals surface area contributed by atoms with Crippen LogP contribution in [0.5, 0.6) is 0 Å². The number of rotatable bonds is 8. The minimum absolute atomic E-state index is 0.00908. The van der Waals surface area contributed by atoms with Gasteiger partial charge in [-0.1, -0.05) is 19.1 Å². The zero-order valence-electron chi connectivity index (χ0n) is 25.5. The Hall–Kier alpha value is -4.52. The first kappa shape index (κ1) is 31.9. The molecule has 1 fully saturated rings. The Morgan fingerprint density at radius 2 is 1.71 bits per heavy atom. The number of anilines is 2. The van der Waals surface area contributed by atoms with Crippen molar-refractivity contribution in [2.75, 3.05) is 41.6 Å². The molecular formula is C32H35F2N5O5S. The summed E-state index contributed by atoms with van der Waals surface area (Å²) in [4.78, 5) is 37.0. The van der Waals surface area contributed by atoms with Crippen LogP contribution in [0.3, 0.4) is 0 Å². The average Bonchev–Trinajstić information content (AvgIpc) is 3.41. The van der Waals surface area contributed by atoms with Crippen molar-refractivity contribution in [2.45, 2.75) is 39.7 Å². The lowest BCUT2D eigenvalue weighted by atomic mass is 9.99. The predicted molar refractivity (Wildman–Crippen MR) is 169 cm³/mol. The van der Waals surface area contributed by atoms with Gasteiger partial charge in [0.1, 0.15) is 17.1 Å². The summed E-state index contributed by atoms with van der Waals surface area (Å²) in [5.74, 6) is -3.61. The second-order valence-corrected chi connectivity index (χ2v) is 13.7. The molecule has 1 aliphatic heterocycles. The smallest absolute Gasteiger partial charge is 0.410 e. The molecule has 10 nitrogen and oxygen atoms in total. The lowest BCUT2D eigenvalue weighted by Crippen LogP contribution is -2.50. The number of H-pyrrole nitrogens is 1. The molecule has 5 rings (SSSR count). The van der Waals surface area contributed by atoms with Crippen molar-refractivity contribution in [3.8, 4) is 11.1 Å². The SMILES string of the molecule is CCCS(=O)(=O)Nc1ccc(F)c(C(=O)c2c[nH]c3ncc(-c4ccc(N5CCN(C(=O)OC(C)(C)C)CC5)cc4)cc23)c1F. The van der Waals surface area contributed by atoms with Gasteiger partial charge in [-0.2, -0.15) is 0 Å².